The Labute approximate surface area is 124 Å². The number of aromatic nitrogens is 1. The fourth-order valence-electron chi connectivity index (χ4n) is 1.81. The maximum absolute atomic E-state index is 12.1. The Morgan fingerprint density at radius 2 is 2.05 bits per heavy atom. The molecule has 4 nitrogen and oxygen atoms in total. The second-order valence-electron chi connectivity index (χ2n) is 4.44. The number of aryl methyl sites for hydroxylation is 1. The Morgan fingerprint density at radius 3 is 2.71 bits per heavy atom. The number of benzene rings is 1. The molecular weight excluding hydrogens is 262 g/mol. The monoisotopic (exact) mass is 279 g/mol. The van der Waals surface area contributed by atoms with Crippen LogP contribution in [0, 0.1) is 11.8 Å². The Morgan fingerprint density at radius 1 is 1.29 bits per heavy atom. The summed E-state index contributed by atoms with van der Waals surface area (Å²) in [4.78, 5) is 16.2. The Balaban J connectivity index is 2.11. The van der Waals surface area contributed by atoms with Gasteiger partial charge in [0.2, 0.25) is 0 Å². The standard InChI is InChI=1S/C17H17N3O/c1-2-13-5-7-15(8-6-13)17(21)20-16-12-14(4-3-10-18)9-11-19-16/h5-9,11-12H,2,10,18H2,1H3,(H,19,20,21). The van der Waals surface area contributed by atoms with Gasteiger partial charge in [0.1, 0.15) is 5.82 Å². The van der Waals surface area contributed by atoms with Gasteiger partial charge in [-0.1, -0.05) is 30.9 Å². The van der Waals surface area contributed by atoms with E-state index in [1.165, 1.54) is 5.56 Å². The second kappa shape index (κ2) is 7.22. The molecule has 0 saturated heterocycles. The Bertz CT molecular complexity index is 681. The van der Waals surface area contributed by atoms with Crippen molar-refractivity contribution in [1.29, 1.82) is 0 Å². The van der Waals surface area contributed by atoms with E-state index in [1.807, 2.05) is 24.3 Å². The molecule has 0 saturated carbocycles. The molecule has 0 fully saturated rings. The summed E-state index contributed by atoms with van der Waals surface area (Å²) < 4.78 is 0. The number of anilines is 1. The van der Waals surface area contributed by atoms with Crippen LogP contribution in [0.2, 0.25) is 0 Å². The third-order valence-electron chi connectivity index (χ3n) is 2.96. The van der Waals surface area contributed by atoms with E-state index < -0.39 is 0 Å². The number of carbonyl (C=O) groups is 1. The lowest BCUT2D eigenvalue weighted by molar-refractivity contribution is 0.102. The van der Waals surface area contributed by atoms with Crippen LogP contribution in [0.25, 0.3) is 0 Å². The van der Waals surface area contributed by atoms with Gasteiger partial charge in [0, 0.05) is 17.3 Å². The normalized spacial score (nSPS) is 9.62. The first-order valence-corrected chi connectivity index (χ1v) is 6.78. The fraction of sp³-hybridized carbons (Fsp3) is 0.176. The SMILES string of the molecule is CCc1ccc(C(=O)Nc2cc(C#CCN)ccn2)cc1. The minimum absolute atomic E-state index is 0.186. The van der Waals surface area contributed by atoms with Gasteiger partial charge >= 0.3 is 0 Å². The molecule has 2 rings (SSSR count). The molecule has 0 spiro atoms. The number of carbonyl (C=O) groups excluding carboxylic acids is 1. The van der Waals surface area contributed by atoms with Crippen LogP contribution in [0.4, 0.5) is 5.82 Å². The summed E-state index contributed by atoms with van der Waals surface area (Å²) >= 11 is 0. The van der Waals surface area contributed by atoms with Gasteiger partial charge < -0.3 is 11.1 Å². The third kappa shape index (κ3) is 4.16. The molecule has 3 N–H and O–H groups in total. The largest absolute Gasteiger partial charge is 0.320 e. The summed E-state index contributed by atoms with van der Waals surface area (Å²) in [7, 11) is 0. The number of hydrogen-bond donors (Lipinski definition) is 2. The number of nitrogens with zero attached hydrogens (tertiary/aromatic N) is 1. The van der Waals surface area contributed by atoms with Crippen molar-refractivity contribution in [2.45, 2.75) is 13.3 Å². The smallest absolute Gasteiger partial charge is 0.256 e. The van der Waals surface area contributed by atoms with Crippen LogP contribution in [0.5, 0.6) is 0 Å². The Hall–Kier alpha value is -2.64. The van der Waals surface area contributed by atoms with E-state index in [0.717, 1.165) is 12.0 Å². The highest BCUT2D eigenvalue weighted by Gasteiger charge is 2.06. The molecule has 0 aliphatic carbocycles. The highest BCUT2D eigenvalue weighted by Crippen LogP contribution is 2.10. The second-order valence-corrected chi connectivity index (χ2v) is 4.44. The first-order chi connectivity index (χ1) is 10.2. The highest BCUT2D eigenvalue weighted by molar-refractivity contribution is 6.03. The van der Waals surface area contributed by atoms with Crippen LogP contribution in [0.1, 0.15) is 28.4 Å². The molecule has 0 aliphatic rings. The van der Waals surface area contributed by atoms with Crippen LogP contribution < -0.4 is 11.1 Å². The minimum atomic E-state index is -0.186. The maximum atomic E-state index is 12.1. The van der Waals surface area contributed by atoms with E-state index in [2.05, 4.69) is 29.1 Å². The Kier molecular flexibility index (Phi) is 5.08. The van der Waals surface area contributed by atoms with E-state index in [9.17, 15) is 4.79 Å². The molecule has 0 unspecified atom stereocenters. The van der Waals surface area contributed by atoms with Crippen LogP contribution in [0.15, 0.2) is 42.6 Å². The summed E-state index contributed by atoms with van der Waals surface area (Å²) in [6, 6.07) is 11.0. The predicted molar refractivity (Wildman–Crippen MR) is 83.9 cm³/mol. The number of hydrogen-bond acceptors (Lipinski definition) is 3. The summed E-state index contributed by atoms with van der Waals surface area (Å²) in [5.74, 6) is 5.96. The molecule has 0 aliphatic heterocycles. The molecular formula is C17H17N3O. The molecule has 4 heteroatoms. The maximum Gasteiger partial charge on any atom is 0.256 e. The zero-order valence-corrected chi connectivity index (χ0v) is 11.9. The lowest BCUT2D eigenvalue weighted by Gasteiger charge is -2.05. The number of pyridine rings is 1. The summed E-state index contributed by atoms with van der Waals surface area (Å²) in [6.07, 6.45) is 2.56. The quantitative estimate of drug-likeness (QED) is 0.846. The zero-order chi connectivity index (χ0) is 15.1. The van der Waals surface area contributed by atoms with Gasteiger partial charge in [-0.3, -0.25) is 4.79 Å². The van der Waals surface area contributed by atoms with Crippen LogP contribution in [-0.4, -0.2) is 17.4 Å². The van der Waals surface area contributed by atoms with Crippen molar-refractivity contribution in [3.05, 3.63) is 59.3 Å². The molecule has 0 atom stereocenters. The molecule has 1 amide bonds. The molecule has 1 aromatic heterocycles. The van der Waals surface area contributed by atoms with Crippen molar-refractivity contribution in [3.8, 4) is 11.8 Å². The van der Waals surface area contributed by atoms with Crippen LogP contribution >= 0.6 is 0 Å². The summed E-state index contributed by atoms with van der Waals surface area (Å²) in [5, 5.41) is 2.76. The van der Waals surface area contributed by atoms with Crippen molar-refractivity contribution in [1.82, 2.24) is 4.98 Å². The van der Waals surface area contributed by atoms with Gasteiger partial charge in [-0.05, 0) is 36.2 Å². The van der Waals surface area contributed by atoms with E-state index in [0.29, 0.717) is 17.9 Å². The first kappa shape index (κ1) is 14.8. The zero-order valence-electron chi connectivity index (χ0n) is 11.9. The molecule has 0 radical (unpaired) electrons. The van der Waals surface area contributed by atoms with E-state index in [-0.39, 0.29) is 5.91 Å². The van der Waals surface area contributed by atoms with Gasteiger partial charge in [0.25, 0.3) is 5.91 Å². The molecule has 106 valence electrons. The van der Waals surface area contributed by atoms with Crippen molar-refractivity contribution in [2.75, 3.05) is 11.9 Å². The predicted octanol–water partition coefficient (Wildman–Crippen LogP) is 2.21. The number of nitrogens with two attached hydrogens (primary N) is 1. The van der Waals surface area contributed by atoms with E-state index in [4.69, 9.17) is 5.73 Å². The van der Waals surface area contributed by atoms with Crippen molar-refractivity contribution in [2.24, 2.45) is 5.73 Å². The van der Waals surface area contributed by atoms with E-state index >= 15 is 0 Å². The van der Waals surface area contributed by atoms with Crippen molar-refractivity contribution < 1.29 is 4.79 Å². The molecule has 0 bridgehead atoms. The molecule has 2 aromatic rings. The topological polar surface area (TPSA) is 68.0 Å². The van der Waals surface area contributed by atoms with Crippen molar-refractivity contribution in [3.63, 3.8) is 0 Å². The van der Waals surface area contributed by atoms with Crippen molar-refractivity contribution >= 4 is 11.7 Å². The minimum Gasteiger partial charge on any atom is -0.320 e. The van der Waals surface area contributed by atoms with Crippen LogP contribution in [-0.2, 0) is 6.42 Å². The van der Waals surface area contributed by atoms with Gasteiger partial charge in [-0.15, -0.1) is 0 Å². The average molecular weight is 279 g/mol. The number of amides is 1. The number of rotatable bonds is 3. The first-order valence-electron chi connectivity index (χ1n) is 6.78. The van der Waals surface area contributed by atoms with Gasteiger partial charge in [0.05, 0.1) is 6.54 Å². The average Bonchev–Trinajstić information content (AvgIpc) is 2.53. The number of nitrogens with one attached hydrogen (secondary N) is 1. The molecule has 1 aromatic carbocycles. The van der Waals surface area contributed by atoms with Crippen LogP contribution in [0.3, 0.4) is 0 Å². The van der Waals surface area contributed by atoms with E-state index in [1.54, 1.807) is 18.3 Å². The van der Waals surface area contributed by atoms with Gasteiger partial charge in [-0.25, -0.2) is 4.98 Å². The highest BCUT2D eigenvalue weighted by atomic mass is 16.1. The summed E-state index contributed by atoms with van der Waals surface area (Å²) in [6.45, 7) is 2.38. The fourth-order valence-corrected chi connectivity index (χ4v) is 1.81. The lowest BCUT2D eigenvalue weighted by atomic mass is 10.1. The molecule has 1 heterocycles. The third-order valence-corrected chi connectivity index (χ3v) is 2.96. The lowest BCUT2D eigenvalue weighted by Crippen LogP contribution is -2.13. The summed E-state index contributed by atoms with van der Waals surface area (Å²) in [5.41, 5.74) is 7.91. The van der Waals surface area contributed by atoms with Gasteiger partial charge in [0.15, 0.2) is 0 Å². The van der Waals surface area contributed by atoms with Gasteiger partial charge in [-0.2, -0.15) is 0 Å². The molecule has 21 heavy (non-hydrogen) atoms.